The van der Waals surface area contributed by atoms with Crippen LogP contribution in [0.25, 0.3) is 10.2 Å². The second-order valence-corrected chi connectivity index (χ2v) is 12.3. The number of amides is 1. The Morgan fingerprint density at radius 2 is 1.76 bits per heavy atom. The summed E-state index contributed by atoms with van der Waals surface area (Å²) < 4.78 is 39.3. The van der Waals surface area contributed by atoms with Gasteiger partial charge in [-0.25, -0.2) is 13.4 Å². The van der Waals surface area contributed by atoms with Crippen molar-refractivity contribution in [3.8, 4) is 11.5 Å². The van der Waals surface area contributed by atoms with E-state index in [9.17, 15) is 13.2 Å². The molecule has 2 heterocycles. The van der Waals surface area contributed by atoms with Crippen molar-refractivity contribution in [1.82, 2.24) is 14.2 Å². The molecular formula is C26H34N4O5S2. The second-order valence-electron chi connectivity index (χ2n) is 9.30. The summed E-state index contributed by atoms with van der Waals surface area (Å²) in [7, 11) is 3.54. The van der Waals surface area contributed by atoms with E-state index in [0.717, 1.165) is 23.2 Å². The quantitative estimate of drug-likeness (QED) is 0.383. The van der Waals surface area contributed by atoms with Gasteiger partial charge < -0.3 is 14.4 Å². The standard InChI is InChI=1S/C26H34N4O5S2/c1-28(2)15-6-16-30(26-27-24-22(35-4)7-5-8-23(24)36-26)25(31)19-13-17-29(18-14-19)37(32,33)21-11-9-20(34-3)10-12-21/h5,7-12,19H,6,13-18H2,1-4H3. The fourth-order valence-corrected chi connectivity index (χ4v) is 6.98. The van der Waals surface area contributed by atoms with Crippen molar-refractivity contribution in [3.63, 3.8) is 0 Å². The van der Waals surface area contributed by atoms with E-state index in [1.807, 2.05) is 32.3 Å². The van der Waals surface area contributed by atoms with Gasteiger partial charge in [0.05, 0.1) is 23.8 Å². The van der Waals surface area contributed by atoms with Crippen LogP contribution in [0, 0.1) is 5.92 Å². The lowest BCUT2D eigenvalue weighted by atomic mass is 9.96. The molecule has 4 rings (SSSR count). The molecule has 1 amide bonds. The van der Waals surface area contributed by atoms with Crippen molar-refractivity contribution < 1.29 is 22.7 Å². The minimum atomic E-state index is -3.63. The van der Waals surface area contributed by atoms with Crippen molar-refractivity contribution in [2.45, 2.75) is 24.2 Å². The number of ether oxygens (including phenoxy) is 2. The zero-order valence-corrected chi connectivity index (χ0v) is 23.3. The summed E-state index contributed by atoms with van der Waals surface area (Å²) in [4.78, 5) is 22.6. The Balaban J connectivity index is 1.50. The SMILES string of the molecule is COc1ccc(S(=O)(=O)N2CCC(C(=O)N(CCCN(C)C)c3nc4c(OC)cccc4s3)CC2)cc1. The Hall–Kier alpha value is -2.73. The molecule has 0 saturated carbocycles. The first-order chi connectivity index (χ1) is 17.7. The molecule has 0 unspecified atom stereocenters. The number of aromatic nitrogens is 1. The predicted octanol–water partition coefficient (Wildman–Crippen LogP) is 3.70. The number of fused-ring (bicyclic) bond motifs is 1. The summed E-state index contributed by atoms with van der Waals surface area (Å²) in [6.07, 6.45) is 1.73. The van der Waals surface area contributed by atoms with Gasteiger partial charge in [-0.15, -0.1) is 0 Å². The summed E-state index contributed by atoms with van der Waals surface area (Å²) in [6.45, 7) is 1.98. The number of carbonyl (C=O) groups is 1. The highest BCUT2D eigenvalue weighted by Gasteiger charge is 2.35. The molecule has 0 N–H and O–H groups in total. The molecule has 1 aliphatic heterocycles. The summed E-state index contributed by atoms with van der Waals surface area (Å²) in [5.41, 5.74) is 0.746. The molecule has 200 valence electrons. The third kappa shape index (κ3) is 6.06. The van der Waals surface area contributed by atoms with Crippen LogP contribution in [0.2, 0.25) is 0 Å². The van der Waals surface area contributed by atoms with Gasteiger partial charge in [0, 0.05) is 25.6 Å². The molecule has 1 aliphatic rings. The van der Waals surface area contributed by atoms with Gasteiger partial charge >= 0.3 is 0 Å². The lowest BCUT2D eigenvalue weighted by molar-refractivity contribution is -0.123. The number of rotatable bonds is 10. The third-order valence-electron chi connectivity index (χ3n) is 6.57. The highest BCUT2D eigenvalue weighted by Crippen LogP contribution is 2.35. The van der Waals surface area contributed by atoms with Gasteiger partial charge in [-0.3, -0.25) is 9.69 Å². The number of hydrogen-bond donors (Lipinski definition) is 0. The molecule has 1 fully saturated rings. The monoisotopic (exact) mass is 546 g/mol. The molecule has 1 saturated heterocycles. The van der Waals surface area contributed by atoms with Crippen molar-refractivity contribution in [3.05, 3.63) is 42.5 Å². The van der Waals surface area contributed by atoms with Gasteiger partial charge in [0.2, 0.25) is 15.9 Å². The Kier molecular flexibility index (Phi) is 8.68. The molecule has 0 bridgehead atoms. The molecule has 11 heteroatoms. The van der Waals surface area contributed by atoms with Gasteiger partial charge in [0.15, 0.2) is 5.13 Å². The molecule has 37 heavy (non-hydrogen) atoms. The van der Waals surface area contributed by atoms with E-state index >= 15 is 0 Å². The van der Waals surface area contributed by atoms with Crippen LogP contribution in [0.15, 0.2) is 47.4 Å². The summed E-state index contributed by atoms with van der Waals surface area (Å²) in [5.74, 6) is 1.01. The lowest BCUT2D eigenvalue weighted by Gasteiger charge is -2.33. The first-order valence-corrected chi connectivity index (χ1v) is 14.5. The minimum absolute atomic E-state index is 0.00160. The molecule has 0 spiro atoms. The molecule has 0 atom stereocenters. The Bertz CT molecular complexity index is 1320. The highest BCUT2D eigenvalue weighted by atomic mass is 32.2. The number of methoxy groups -OCH3 is 2. The van der Waals surface area contributed by atoms with Gasteiger partial charge in [0.25, 0.3) is 0 Å². The van der Waals surface area contributed by atoms with Gasteiger partial charge in [-0.1, -0.05) is 17.4 Å². The van der Waals surface area contributed by atoms with E-state index in [1.54, 1.807) is 43.4 Å². The number of nitrogens with zero attached hydrogens (tertiary/aromatic N) is 4. The maximum absolute atomic E-state index is 13.8. The molecule has 0 radical (unpaired) electrons. The van der Waals surface area contributed by atoms with Crippen molar-refractivity contribution in [1.29, 1.82) is 0 Å². The fourth-order valence-electron chi connectivity index (χ4n) is 4.50. The van der Waals surface area contributed by atoms with Crippen molar-refractivity contribution >= 4 is 42.6 Å². The fraction of sp³-hybridized carbons (Fsp3) is 0.462. The van der Waals surface area contributed by atoms with Crippen LogP contribution in [0.5, 0.6) is 11.5 Å². The van der Waals surface area contributed by atoms with Gasteiger partial charge in [-0.05, 0) is 76.3 Å². The van der Waals surface area contributed by atoms with Crippen LogP contribution in [0.3, 0.4) is 0 Å². The number of sulfonamides is 1. The summed E-state index contributed by atoms with van der Waals surface area (Å²) in [6, 6.07) is 12.1. The molecule has 9 nitrogen and oxygen atoms in total. The number of piperidine rings is 1. The van der Waals surface area contributed by atoms with Crippen LogP contribution in [-0.2, 0) is 14.8 Å². The van der Waals surface area contributed by atoms with Crippen LogP contribution in [-0.4, -0.2) is 83.0 Å². The maximum atomic E-state index is 13.8. The lowest BCUT2D eigenvalue weighted by Crippen LogP contribution is -2.45. The highest BCUT2D eigenvalue weighted by molar-refractivity contribution is 7.89. The average molecular weight is 547 g/mol. The first kappa shape index (κ1) is 27.3. The van der Waals surface area contributed by atoms with Gasteiger partial charge in [0.1, 0.15) is 17.0 Å². The second kappa shape index (κ2) is 11.8. The number of thiazole rings is 1. The van der Waals surface area contributed by atoms with Gasteiger partial charge in [-0.2, -0.15) is 4.31 Å². The number of para-hydroxylation sites is 1. The summed E-state index contributed by atoms with van der Waals surface area (Å²) >= 11 is 1.47. The minimum Gasteiger partial charge on any atom is -0.497 e. The maximum Gasteiger partial charge on any atom is 0.243 e. The molecule has 3 aromatic rings. The Labute approximate surface area is 222 Å². The van der Waals surface area contributed by atoms with E-state index in [4.69, 9.17) is 14.5 Å². The molecule has 1 aromatic heterocycles. The van der Waals surface area contributed by atoms with Crippen LogP contribution < -0.4 is 14.4 Å². The topological polar surface area (TPSA) is 92.3 Å². The van der Waals surface area contributed by atoms with Crippen LogP contribution >= 0.6 is 11.3 Å². The van der Waals surface area contributed by atoms with Crippen LogP contribution in [0.1, 0.15) is 19.3 Å². The number of hydrogen-bond acceptors (Lipinski definition) is 8. The predicted molar refractivity (Wildman–Crippen MR) is 146 cm³/mol. The average Bonchev–Trinajstić information content (AvgIpc) is 3.35. The zero-order valence-electron chi connectivity index (χ0n) is 21.7. The Morgan fingerprint density at radius 3 is 2.38 bits per heavy atom. The molecule has 0 aliphatic carbocycles. The first-order valence-electron chi connectivity index (χ1n) is 12.3. The molecule has 2 aromatic carbocycles. The van der Waals surface area contributed by atoms with Crippen molar-refractivity contribution in [2.75, 3.05) is 59.4 Å². The van der Waals surface area contributed by atoms with Crippen molar-refractivity contribution in [2.24, 2.45) is 5.92 Å². The normalized spacial score (nSPS) is 15.3. The molecular weight excluding hydrogens is 512 g/mol. The summed E-state index contributed by atoms with van der Waals surface area (Å²) in [5, 5.41) is 0.650. The smallest absolute Gasteiger partial charge is 0.243 e. The largest absolute Gasteiger partial charge is 0.497 e. The van der Waals surface area contributed by atoms with E-state index in [2.05, 4.69) is 4.90 Å². The van der Waals surface area contributed by atoms with E-state index in [1.165, 1.54) is 15.6 Å². The van der Waals surface area contributed by atoms with E-state index in [-0.39, 0.29) is 16.7 Å². The third-order valence-corrected chi connectivity index (χ3v) is 9.53. The number of benzene rings is 2. The van der Waals surface area contributed by atoms with E-state index in [0.29, 0.717) is 49.1 Å². The zero-order chi connectivity index (χ0) is 26.6. The Morgan fingerprint density at radius 1 is 1.05 bits per heavy atom. The van der Waals surface area contributed by atoms with Crippen LogP contribution in [0.4, 0.5) is 5.13 Å². The number of carbonyl (C=O) groups excluding carboxylic acids is 1. The van der Waals surface area contributed by atoms with E-state index < -0.39 is 10.0 Å². The number of anilines is 1.